The molecule has 3 rings (SSSR count). The highest BCUT2D eigenvalue weighted by Gasteiger charge is 2.50. The molecule has 1 saturated heterocycles. The first-order chi connectivity index (χ1) is 11.0. The largest absolute Gasteiger partial charge is 0.545 e. The minimum absolute atomic E-state index is 0.307. The summed E-state index contributed by atoms with van der Waals surface area (Å²) >= 11 is 0. The summed E-state index contributed by atoms with van der Waals surface area (Å²) < 4.78 is 0.659. The van der Waals surface area contributed by atoms with Crippen LogP contribution in [0.4, 0.5) is 5.69 Å². The summed E-state index contributed by atoms with van der Waals surface area (Å²) in [7, 11) is 2.17. The zero-order chi connectivity index (χ0) is 16.6. The Kier molecular flexibility index (Phi) is 4.30. The van der Waals surface area contributed by atoms with Gasteiger partial charge in [-0.3, -0.25) is 4.90 Å². The first kappa shape index (κ1) is 16.2. The van der Waals surface area contributed by atoms with Crippen LogP contribution in [0, 0.1) is 0 Å². The predicted octanol–water partition coefficient (Wildman–Crippen LogP) is 2.34. The molecule has 0 aromatic heterocycles. The Morgan fingerprint density at radius 2 is 2.09 bits per heavy atom. The van der Waals surface area contributed by atoms with Crippen molar-refractivity contribution >= 4 is 17.2 Å². The highest BCUT2D eigenvalue weighted by atomic mass is 16.4. The van der Waals surface area contributed by atoms with Crippen LogP contribution in [0.15, 0.2) is 30.0 Å². The second-order valence-electron chi connectivity index (χ2n) is 6.81. The fourth-order valence-electron chi connectivity index (χ4n) is 4.65. The minimum atomic E-state index is -1.05. The van der Waals surface area contributed by atoms with Crippen LogP contribution in [0.25, 0.3) is 5.57 Å². The SMILES string of the molecule is CCC[N+]1(C2CCCCN2C)C(C)=C(C(=O)[O-])c2ccccc21. The van der Waals surface area contributed by atoms with Crippen LogP contribution in [0.1, 0.15) is 45.1 Å². The van der Waals surface area contributed by atoms with Crippen molar-refractivity contribution in [3.8, 4) is 0 Å². The molecule has 124 valence electrons. The van der Waals surface area contributed by atoms with E-state index in [4.69, 9.17) is 0 Å². The molecule has 0 radical (unpaired) electrons. The van der Waals surface area contributed by atoms with Crippen molar-refractivity contribution in [2.75, 3.05) is 20.1 Å². The third-order valence-corrected chi connectivity index (χ3v) is 5.58. The number of carboxylic acids is 1. The third kappa shape index (κ3) is 2.32. The molecule has 23 heavy (non-hydrogen) atoms. The molecule has 1 fully saturated rings. The van der Waals surface area contributed by atoms with Crippen molar-refractivity contribution in [1.82, 2.24) is 9.38 Å². The van der Waals surface area contributed by atoms with Gasteiger partial charge in [-0.25, -0.2) is 4.48 Å². The highest BCUT2D eigenvalue weighted by Crippen LogP contribution is 2.48. The van der Waals surface area contributed by atoms with Crippen LogP contribution in [0.5, 0.6) is 0 Å². The van der Waals surface area contributed by atoms with Crippen LogP contribution in [-0.2, 0) is 4.79 Å². The third-order valence-electron chi connectivity index (χ3n) is 5.58. The van der Waals surface area contributed by atoms with E-state index in [1.807, 2.05) is 25.1 Å². The molecule has 4 nitrogen and oxygen atoms in total. The molecule has 0 saturated carbocycles. The molecule has 2 aliphatic rings. The lowest BCUT2D eigenvalue weighted by Crippen LogP contribution is -2.62. The van der Waals surface area contributed by atoms with Gasteiger partial charge in [-0.15, -0.1) is 0 Å². The summed E-state index contributed by atoms with van der Waals surface area (Å²) in [5, 5.41) is 11.8. The van der Waals surface area contributed by atoms with E-state index < -0.39 is 5.97 Å². The van der Waals surface area contributed by atoms with Crippen molar-refractivity contribution < 1.29 is 9.90 Å². The monoisotopic (exact) mass is 314 g/mol. The Morgan fingerprint density at radius 1 is 1.35 bits per heavy atom. The number of carboxylic acid groups (broad SMARTS) is 1. The fraction of sp³-hybridized carbons (Fsp3) is 0.526. The zero-order valence-electron chi connectivity index (χ0n) is 14.3. The highest BCUT2D eigenvalue weighted by molar-refractivity contribution is 6.19. The number of carbonyl (C=O) groups excluding carboxylic acids is 1. The summed E-state index contributed by atoms with van der Waals surface area (Å²) in [6.45, 7) is 6.16. The van der Waals surface area contributed by atoms with Crippen LogP contribution in [0.3, 0.4) is 0 Å². The second-order valence-corrected chi connectivity index (χ2v) is 6.81. The molecule has 2 aliphatic heterocycles. The number of hydrogen-bond acceptors (Lipinski definition) is 3. The first-order valence-electron chi connectivity index (χ1n) is 8.64. The lowest BCUT2D eigenvalue weighted by atomic mass is 10.0. The van der Waals surface area contributed by atoms with Crippen molar-refractivity contribution in [3.05, 3.63) is 35.5 Å². The van der Waals surface area contributed by atoms with Gasteiger partial charge in [0.25, 0.3) is 0 Å². The van der Waals surface area contributed by atoms with Crippen LogP contribution in [0.2, 0.25) is 0 Å². The van der Waals surface area contributed by atoms with Gasteiger partial charge in [-0.1, -0.05) is 19.1 Å². The molecular weight excluding hydrogens is 288 g/mol. The predicted molar refractivity (Wildman–Crippen MR) is 91.3 cm³/mol. The van der Waals surface area contributed by atoms with E-state index in [-0.39, 0.29) is 0 Å². The zero-order valence-corrected chi connectivity index (χ0v) is 14.3. The molecular formula is C19H26N2O2. The van der Waals surface area contributed by atoms with E-state index in [2.05, 4.69) is 24.9 Å². The summed E-state index contributed by atoms with van der Waals surface area (Å²) in [5.41, 5.74) is 3.31. The van der Waals surface area contributed by atoms with Gasteiger partial charge < -0.3 is 9.90 Å². The van der Waals surface area contributed by atoms with Gasteiger partial charge in [-0.05, 0) is 32.4 Å². The molecule has 0 bridgehead atoms. The van der Waals surface area contributed by atoms with E-state index >= 15 is 0 Å². The van der Waals surface area contributed by atoms with E-state index in [1.54, 1.807) is 0 Å². The van der Waals surface area contributed by atoms with Gasteiger partial charge in [0.05, 0.1) is 23.7 Å². The molecule has 4 heteroatoms. The van der Waals surface area contributed by atoms with E-state index in [0.717, 1.165) is 42.9 Å². The smallest absolute Gasteiger partial charge is 0.154 e. The average Bonchev–Trinajstić information content (AvgIpc) is 2.78. The Bertz CT molecular complexity index is 653. The molecule has 0 N–H and O–H groups in total. The number of quaternary nitrogens is 1. The molecule has 0 aliphatic carbocycles. The fourth-order valence-corrected chi connectivity index (χ4v) is 4.65. The average molecular weight is 314 g/mol. The summed E-state index contributed by atoms with van der Waals surface area (Å²) in [4.78, 5) is 14.3. The van der Waals surface area contributed by atoms with Crippen molar-refractivity contribution in [1.29, 1.82) is 0 Å². The number of para-hydroxylation sites is 1. The standard InChI is InChI=1S/C19H26N2O2/c1-4-13-21(17-11-7-8-12-20(17)3)14(2)18(19(22)23)15-9-5-6-10-16(15)21/h5-6,9-10,17H,4,7-8,11-13H2,1-3H3. The molecule has 1 aromatic carbocycles. The first-order valence-corrected chi connectivity index (χ1v) is 8.64. The van der Waals surface area contributed by atoms with Gasteiger partial charge in [0.15, 0.2) is 6.17 Å². The number of aliphatic carboxylic acids is 1. The van der Waals surface area contributed by atoms with E-state index in [9.17, 15) is 9.90 Å². The maximum atomic E-state index is 11.8. The van der Waals surface area contributed by atoms with Gasteiger partial charge in [-0.2, -0.15) is 0 Å². The number of hydrogen-bond donors (Lipinski definition) is 0. The normalized spacial score (nSPS) is 28.0. The molecule has 1 aromatic rings. The molecule has 2 heterocycles. The Morgan fingerprint density at radius 3 is 2.74 bits per heavy atom. The molecule has 2 atom stereocenters. The summed E-state index contributed by atoms with van der Waals surface area (Å²) in [6, 6.07) is 7.98. The quantitative estimate of drug-likeness (QED) is 0.801. The lowest BCUT2D eigenvalue weighted by Gasteiger charge is -2.48. The molecule has 0 spiro atoms. The van der Waals surface area contributed by atoms with Crippen LogP contribution >= 0.6 is 0 Å². The maximum absolute atomic E-state index is 11.8. The number of nitrogens with zero attached hydrogens (tertiary/aromatic N) is 2. The summed E-state index contributed by atoms with van der Waals surface area (Å²) in [6.07, 6.45) is 4.84. The van der Waals surface area contributed by atoms with Gasteiger partial charge in [0, 0.05) is 26.0 Å². The Hall–Kier alpha value is -1.65. The Balaban J connectivity index is 2.24. The second kappa shape index (κ2) is 6.10. The van der Waals surface area contributed by atoms with Crippen molar-refractivity contribution in [2.45, 2.75) is 45.7 Å². The molecule has 0 amide bonds. The lowest BCUT2D eigenvalue weighted by molar-refractivity contribution is -0.295. The number of fused-ring (bicyclic) bond motifs is 1. The number of rotatable bonds is 4. The van der Waals surface area contributed by atoms with Crippen LogP contribution in [-0.4, -0.2) is 37.2 Å². The van der Waals surface area contributed by atoms with Crippen molar-refractivity contribution in [3.63, 3.8) is 0 Å². The van der Waals surface area contributed by atoms with Crippen molar-refractivity contribution in [2.24, 2.45) is 0 Å². The minimum Gasteiger partial charge on any atom is -0.545 e. The van der Waals surface area contributed by atoms with E-state index in [1.165, 1.54) is 12.8 Å². The number of likely N-dealkylation sites (tertiary alicyclic amines) is 1. The Labute approximate surface area is 138 Å². The number of benzene rings is 1. The van der Waals surface area contributed by atoms with Gasteiger partial charge in [0.2, 0.25) is 0 Å². The number of piperidine rings is 1. The summed E-state index contributed by atoms with van der Waals surface area (Å²) in [5.74, 6) is -1.05. The number of allylic oxidation sites excluding steroid dienone is 1. The molecule has 2 unspecified atom stereocenters. The topological polar surface area (TPSA) is 43.4 Å². The van der Waals surface area contributed by atoms with Gasteiger partial charge >= 0.3 is 0 Å². The van der Waals surface area contributed by atoms with Crippen LogP contribution < -0.4 is 9.59 Å². The van der Waals surface area contributed by atoms with E-state index in [0.29, 0.717) is 16.2 Å². The van der Waals surface area contributed by atoms with Gasteiger partial charge in [0.1, 0.15) is 11.4 Å². The maximum Gasteiger partial charge on any atom is 0.154 e. The number of carbonyl (C=O) groups is 1.